The van der Waals surface area contributed by atoms with Gasteiger partial charge in [0.1, 0.15) is 11.4 Å². The van der Waals surface area contributed by atoms with Gasteiger partial charge in [-0.2, -0.15) is 4.98 Å². The minimum absolute atomic E-state index is 0.183. The van der Waals surface area contributed by atoms with E-state index in [1.165, 1.54) is 0 Å². The van der Waals surface area contributed by atoms with E-state index in [-0.39, 0.29) is 5.28 Å². The average Bonchev–Trinajstić information content (AvgIpc) is 2.30. The van der Waals surface area contributed by atoms with E-state index in [1.807, 2.05) is 20.8 Å². The van der Waals surface area contributed by atoms with Crippen molar-refractivity contribution in [2.45, 2.75) is 32.8 Å². The molecule has 0 saturated heterocycles. The molecule has 0 unspecified atom stereocenters. The summed E-state index contributed by atoms with van der Waals surface area (Å²) in [4.78, 5) is 19.3. The van der Waals surface area contributed by atoms with Gasteiger partial charge < -0.3 is 15.4 Å². The summed E-state index contributed by atoms with van der Waals surface area (Å²) in [5.74, 6) is 0.627. The monoisotopic (exact) mass is 364 g/mol. The van der Waals surface area contributed by atoms with Gasteiger partial charge in [0.2, 0.25) is 5.28 Å². The maximum atomic E-state index is 11.4. The van der Waals surface area contributed by atoms with Crippen molar-refractivity contribution in [2.24, 2.45) is 0 Å². The summed E-state index contributed by atoms with van der Waals surface area (Å²) >= 11 is 9.02. The lowest BCUT2D eigenvalue weighted by molar-refractivity contribution is 0.0528. The van der Waals surface area contributed by atoms with Gasteiger partial charge in [0.15, 0.2) is 0 Å². The van der Waals surface area contributed by atoms with Gasteiger partial charge in [0.05, 0.1) is 4.47 Å². The number of nitrogens with zero attached hydrogens (tertiary/aromatic N) is 2. The summed E-state index contributed by atoms with van der Waals surface area (Å²) in [5.41, 5.74) is -0.481. The molecule has 6 nitrogen and oxygen atoms in total. The largest absolute Gasteiger partial charge is 0.444 e. The summed E-state index contributed by atoms with van der Waals surface area (Å²) in [7, 11) is 0. The molecule has 0 spiro atoms. The van der Waals surface area contributed by atoms with Crippen molar-refractivity contribution >= 4 is 39.4 Å². The number of nitrogens with one attached hydrogen (secondary N) is 2. The Bertz CT molecular complexity index is 465. The number of carbonyl (C=O) groups excluding carboxylic acids is 1. The lowest BCUT2D eigenvalue weighted by Gasteiger charge is -2.19. The molecule has 1 rings (SSSR count). The van der Waals surface area contributed by atoms with Crippen LogP contribution in [0.1, 0.15) is 27.2 Å². The number of amides is 1. The number of hydrogen-bond acceptors (Lipinski definition) is 5. The maximum Gasteiger partial charge on any atom is 0.407 e. The normalized spacial score (nSPS) is 11.1. The van der Waals surface area contributed by atoms with Gasteiger partial charge >= 0.3 is 6.09 Å². The summed E-state index contributed by atoms with van der Waals surface area (Å²) in [5, 5.41) is 5.96. The van der Waals surface area contributed by atoms with Crippen LogP contribution in [-0.4, -0.2) is 34.8 Å². The topological polar surface area (TPSA) is 76.1 Å². The fourth-order valence-electron chi connectivity index (χ4n) is 1.27. The highest BCUT2D eigenvalue weighted by Gasteiger charge is 2.15. The Hall–Kier alpha value is -1.08. The Labute approximate surface area is 131 Å². The van der Waals surface area contributed by atoms with Crippen molar-refractivity contribution in [2.75, 3.05) is 18.4 Å². The number of anilines is 1. The average molecular weight is 366 g/mol. The summed E-state index contributed by atoms with van der Waals surface area (Å²) in [6.07, 6.45) is 1.90. The van der Waals surface area contributed by atoms with Crippen LogP contribution in [0.25, 0.3) is 0 Å². The first-order valence-electron chi connectivity index (χ1n) is 6.17. The predicted molar refractivity (Wildman–Crippen MR) is 82.1 cm³/mol. The maximum absolute atomic E-state index is 11.4. The molecule has 0 radical (unpaired) electrons. The number of hydrogen-bond donors (Lipinski definition) is 2. The van der Waals surface area contributed by atoms with Gasteiger partial charge in [-0.3, -0.25) is 0 Å². The Morgan fingerprint density at radius 3 is 2.80 bits per heavy atom. The molecular weight excluding hydrogens is 348 g/mol. The molecule has 2 N–H and O–H groups in total. The summed E-state index contributed by atoms with van der Waals surface area (Å²) < 4.78 is 5.86. The van der Waals surface area contributed by atoms with Gasteiger partial charge in [0.25, 0.3) is 0 Å². The van der Waals surface area contributed by atoms with Crippen molar-refractivity contribution in [3.8, 4) is 0 Å². The van der Waals surface area contributed by atoms with Crippen molar-refractivity contribution in [1.82, 2.24) is 15.3 Å². The number of alkyl carbamates (subject to hydrolysis) is 1. The molecule has 0 atom stereocenters. The number of halogens is 2. The third kappa shape index (κ3) is 6.91. The first kappa shape index (κ1) is 17.0. The second-order valence-corrected chi connectivity index (χ2v) is 6.24. The minimum atomic E-state index is -0.481. The van der Waals surface area contributed by atoms with Crippen LogP contribution in [0.3, 0.4) is 0 Å². The van der Waals surface area contributed by atoms with Gasteiger partial charge in [0, 0.05) is 19.3 Å². The fraction of sp³-hybridized carbons (Fsp3) is 0.583. The molecule has 0 aliphatic rings. The quantitative estimate of drug-likeness (QED) is 0.619. The fourth-order valence-corrected chi connectivity index (χ4v) is 1.73. The van der Waals surface area contributed by atoms with E-state index < -0.39 is 11.7 Å². The molecule has 1 aromatic rings. The Morgan fingerprint density at radius 1 is 1.45 bits per heavy atom. The molecule has 8 heteroatoms. The van der Waals surface area contributed by atoms with Crippen molar-refractivity contribution in [3.05, 3.63) is 16.0 Å². The van der Waals surface area contributed by atoms with Crippen LogP contribution >= 0.6 is 27.5 Å². The molecule has 0 fully saturated rings. The highest BCUT2D eigenvalue weighted by Crippen LogP contribution is 2.19. The van der Waals surface area contributed by atoms with E-state index in [0.29, 0.717) is 18.9 Å². The molecule has 112 valence electrons. The molecule has 0 aliphatic carbocycles. The number of ether oxygens (including phenoxy) is 1. The van der Waals surface area contributed by atoms with Crippen LogP contribution in [0, 0.1) is 0 Å². The highest BCUT2D eigenvalue weighted by molar-refractivity contribution is 9.10. The van der Waals surface area contributed by atoms with Crippen molar-refractivity contribution < 1.29 is 9.53 Å². The van der Waals surface area contributed by atoms with E-state index in [2.05, 4.69) is 36.5 Å². The number of rotatable bonds is 5. The first-order valence-corrected chi connectivity index (χ1v) is 7.34. The van der Waals surface area contributed by atoms with E-state index in [0.717, 1.165) is 10.9 Å². The summed E-state index contributed by atoms with van der Waals surface area (Å²) in [6.45, 7) is 6.62. The Kier molecular flexibility index (Phi) is 6.48. The standard InChI is InChI=1S/C12H18BrClN4O2/c1-12(2,3)20-11(19)16-6-4-5-15-9-8(13)7-17-10(14)18-9/h7H,4-6H2,1-3H3,(H,16,19)(H,15,17,18). The summed E-state index contributed by atoms with van der Waals surface area (Å²) in [6, 6.07) is 0. The second-order valence-electron chi connectivity index (χ2n) is 5.04. The molecule has 0 aliphatic heterocycles. The number of carbonyl (C=O) groups is 1. The lowest BCUT2D eigenvalue weighted by Crippen LogP contribution is -2.33. The molecule has 0 saturated carbocycles. The Morgan fingerprint density at radius 2 is 2.15 bits per heavy atom. The zero-order valence-electron chi connectivity index (χ0n) is 11.7. The van der Waals surface area contributed by atoms with Gasteiger partial charge in [-0.15, -0.1) is 0 Å². The van der Waals surface area contributed by atoms with E-state index >= 15 is 0 Å². The third-order valence-electron chi connectivity index (χ3n) is 2.03. The van der Waals surface area contributed by atoms with Crippen molar-refractivity contribution in [1.29, 1.82) is 0 Å². The SMILES string of the molecule is CC(C)(C)OC(=O)NCCCNc1nc(Cl)ncc1Br. The number of aromatic nitrogens is 2. The third-order valence-corrected chi connectivity index (χ3v) is 2.79. The van der Waals surface area contributed by atoms with Crippen molar-refractivity contribution in [3.63, 3.8) is 0 Å². The molecule has 1 heterocycles. The van der Waals surface area contributed by atoms with Gasteiger partial charge in [-0.05, 0) is 54.7 Å². The van der Waals surface area contributed by atoms with Crippen LogP contribution in [0.5, 0.6) is 0 Å². The molecule has 0 bridgehead atoms. The molecular formula is C12H18BrClN4O2. The smallest absolute Gasteiger partial charge is 0.407 e. The molecule has 1 aromatic heterocycles. The Balaban J connectivity index is 2.22. The zero-order chi connectivity index (χ0) is 15.2. The van der Waals surface area contributed by atoms with Gasteiger partial charge in [-0.25, -0.2) is 9.78 Å². The molecule has 20 heavy (non-hydrogen) atoms. The van der Waals surface area contributed by atoms with Crippen LogP contribution in [-0.2, 0) is 4.74 Å². The molecule has 0 aromatic carbocycles. The minimum Gasteiger partial charge on any atom is -0.444 e. The van der Waals surface area contributed by atoms with Crippen LogP contribution in [0.4, 0.5) is 10.6 Å². The van der Waals surface area contributed by atoms with E-state index in [9.17, 15) is 4.79 Å². The predicted octanol–water partition coefficient (Wildman–Crippen LogP) is 3.22. The lowest BCUT2D eigenvalue weighted by atomic mass is 10.2. The first-order chi connectivity index (χ1) is 9.28. The van der Waals surface area contributed by atoms with Crippen LogP contribution < -0.4 is 10.6 Å². The second kappa shape index (κ2) is 7.64. The van der Waals surface area contributed by atoms with Gasteiger partial charge in [-0.1, -0.05) is 0 Å². The molecule has 1 amide bonds. The zero-order valence-corrected chi connectivity index (χ0v) is 14.0. The van der Waals surface area contributed by atoms with E-state index in [1.54, 1.807) is 6.20 Å². The van der Waals surface area contributed by atoms with Crippen LogP contribution in [0.15, 0.2) is 10.7 Å². The van der Waals surface area contributed by atoms with E-state index in [4.69, 9.17) is 16.3 Å². The highest BCUT2D eigenvalue weighted by atomic mass is 79.9. The van der Waals surface area contributed by atoms with Crippen LogP contribution in [0.2, 0.25) is 5.28 Å².